The van der Waals surface area contributed by atoms with Gasteiger partial charge in [0.15, 0.2) is 0 Å². The number of hydrogen-bond acceptors (Lipinski definition) is 2. The van der Waals surface area contributed by atoms with Crippen molar-refractivity contribution < 1.29 is 5.11 Å². The van der Waals surface area contributed by atoms with Crippen LogP contribution in [0.2, 0.25) is 5.02 Å². The molecule has 1 heterocycles. The lowest BCUT2D eigenvalue weighted by Crippen LogP contribution is -2.17. The number of benzene rings is 1. The van der Waals surface area contributed by atoms with Crippen molar-refractivity contribution in [1.82, 2.24) is 9.78 Å². The summed E-state index contributed by atoms with van der Waals surface area (Å²) in [6, 6.07) is 10.1. The Hall–Kier alpha value is -1.32. The molecule has 0 radical (unpaired) electrons. The van der Waals surface area contributed by atoms with Crippen LogP contribution in [0, 0.1) is 0 Å². The van der Waals surface area contributed by atoms with Gasteiger partial charge in [0, 0.05) is 6.20 Å². The zero-order valence-corrected chi connectivity index (χ0v) is 10.2. The molecule has 4 heteroatoms. The minimum absolute atomic E-state index is 0.397. The van der Waals surface area contributed by atoms with Gasteiger partial charge in [0.25, 0.3) is 0 Å². The molecule has 0 aliphatic carbocycles. The fraction of sp³-hybridized carbons (Fsp3) is 0.308. The third kappa shape index (κ3) is 3.88. The number of hydrogen-bond donors (Lipinski definition) is 1. The van der Waals surface area contributed by atoms with Crippen molar-refractivity contribution in [3.63, 3.8) is 0 Å². The van der Waals surface area contributed by atoms with Crippen LogP contribution in [0.5, 0.6) is 0 Å². The molecule has 0 amide bonds. The molecule has 0 bridgehead atoms. The van der Waals surface area contributed by atoms with Crippen LogP contribution in [-0.4, -0.2) is 21.0 Å². The van der Waals surface area contributed by atoms with Gasteiger partial charge in [-0.25, -0.2) is 0 Å². The van der Waals surface area contributed by atoms with E-state index in [1.807, 2.05) is 18.2 Å². The van der Waals surface area contributed by atoms with Crippen LogP contribution >= 0.6 is 11.6 Å². The molecule has 0 aliphatic heterocycles. The largest absolute Gasteiger partial charge is 0.391 e. The van der Waals surface area contributed by atoms with Crippen molar-refractivity contribution in [3.05, 3.63) is 53.3 Å². The van der Waals surface area contributed by atoms with Gasteiger partial charge in [0.1, 0.15) is 0 Å². The predicted octanol–water partition coefficient (Wildman–Crippen LogP) is 2.53. The van der Waals surface area contributed by atoms with Gasteiger partial charge in [-0.05, 0) is 18.4 Å². The first-order chi connectivity index (χ1) is 8.24. The van der Waals surface area contributed by atoms with Gasteiger partial charge in [-0.3, -0.25) is 4.68 Å². The highest BCUT2D eigenvalue weighted by Gasteiger charge is 2.06. The Kier molecular flexibility index (Phi) is 4.18. The molecule has 1 aromatic heterocycles. The highest BCUT2D eigenvalue weighted by molar-refractivity contribution is 6.30. The fourth-order valence-corrected chi connectivity index (χ4v) is 1.88. The number of aliphatic hydroxyl groups excluding tert-OH is 1. The molecule has 1 aromatic carbocycles. The molecule has 17 heavy (non-hydrogen) atoms. The minimum atomic E-state index is -0.397. The molecule has 0 aliphatic rings. The molecular weight excluding hydrogens is 236 g/mol. The van der Waals surface area contributed by atoms with Gasteiger partial charge in [0.05, 0.1) is 23.9 Å². The van der Waals surface area contributed by atoms with Gasteiger partial charge in [0.2, 0.25) is 0 Å². The van der Waals surface area contributed by atoms with E-state index in [9.17, 15) is 5.11 Å². The van der Waals surface area contributed by atoms with Crippen molar-refractivity contribution in [1.29, 1.82) is 0 Å². The topological polar surface area (TPSA) is 38.0 Å². The van der Waals surface area contributed by atoms with Crippen molar-refractivity contribution in [2.75, 3.05) is 0 Å². The van der Waals surface area contributed by atoms with E-state index in [1.165, 1.54) is 5.56 Å². The summed E-state index contributed by atoms with van der Waals surface area (Å²) in [4.78, 5) is 0. The Morgan fingerprint density at radius 3 is 2.71 bits per heavy atom. The molecule has 2 aromatic rings. The lowest BCUT2D eigenvalue weighted by atomic mass is 10.1. The summed E-state index contributed by atoms with van der Waals surface area (Å²) < 4.78 is 1.66. The average Bonchev–Trinajstić information content (AvgIpc) is 2.73. The minimum Gasteiger partial charge on any atom is -0.391 e. The molecule has 2 rings (SSSR count). The van der Waals surface area contributed by atoms with Crippen LogP contribution in [0.25, 0.3) is 0 Å². The molecule has 0 saturated heterocycles. The maximum atomic E-state index is 9.87. The maximum Gasteiger partial charge on any atom is 0.0785 e. The highest BCUT2D eigenvalue weighted by Crippen LogP contribution is 2.08. The summed E-state index contributed by atoms with van der Waals surface area (Å²) in [5.41, 5.74) is 1.24. The van der Waals surface area contributed by atoms with Gasteiger partial charge in [-0.2, -0.15) is 5.10 Å². The third-order valence-electron chi connectivity index (χ3n) is 2.61. The summed E-state index contributed by atoms with van der Waals surface area (Å²) in [7, 11) is 0. The second kappa shape index (κ2) is 5.84. The molecule has 1 atom stereocenters. The molecule has 90 valence electrons. The Morgan fingerprint density at radius 1 is 1.29 bits per heavy atom. The molecule has 0 spiro atoms. The second-order valence-electron chi connectivity index (χ2n) is 4.06. The van der Waals surface area contributed by atoms with E-state index in [0.29, 0.717) is 11.6 Å². The zero-order valence-electron chi connectivity index (χ0n) is 9.46. The van der Waals surface area contributed by atoms with Crippen LogP contribution in [-0.2, 0) is 13.0 Å². The lowest BCUT2D eigenvalue weighted by Gasteiger charge is -2.10. The average molecular weight is 251 g/mol. The summed E-state index contributed by atoms with van der Waals surface area (Å²) in [6.45, 7) is 0.486. The summed E-state index contributed by atoms with van der Waals surface area (Å²) >= 11 is 5.75. The van der Waals surface area contributed by atoms with Crippen LogP contribution in [0.15, 0.2) is 42.7 Å². The summed E-state index contributed by atoms with van der Waals surface area (Å²) in [5.74, 6) is 0. The van der Waals surface area contributed by atoms with Crippen LogP contribution in [0.1, 0.15) is 12.0 Å². The number of aliphatic hydroxyl groups is 1. The van der Waals surface area contributed by atoms with Crippen LogP contribution in [0.4, 0.5) is 0 Å². The zero-order chi connectivity index (χ0) is 12.1. The quantitative estimate of drug-likeness (QED) is 0.886. The van der Waals surface area contributed by atoms with E-state index < -0.39 is 6.10 Å². The smallest absolute Gasteiger partial charge is 0.0785 e. The Morgan fingerprint density at radius 2 is 2.06 bits per heavy atom. The fourth-order valence-electron chi connectivity index (χ4n) is 1.72. The van der Waals surface area contributed by atoms with Gasteiger partial charge in [-0.1, -0.05) is 41.9 Å². The monoisotopic (exact) mass is 250 g/mol. The van der Waals surface area contributed by atoms with E-state index in [1.54, 1.807) is 17.1 Å². The molecule has 1 unspecified atom stereocenters. The van der Waals surface area contributed by atoms with Crippen molar-refractivity contribution >= 4 is 11.6 Å². The van der Waals surface area contributed by atoms with E-state index in [0.717, 1.165) is 12.8 Å². The Bertz CT molecular complexity index is 455. The molecule has 0 saturated carbocycles. The van der Waals surface area contributed by atoms with Crippen LogP contribution in [0.3, 0.4) is 0 Å². The van der Waals surface area contributed by atoms with Gasteiger partial charge < -0.3 is 5.11 Å². The molecule has 1 N–H and O–H groups in total. The highest BCUT2D eigenvalue weighted by atomic mass is 35.5. The van der Waals surface area contributed by atoms with Gasteiger partial charge >= 0.3 is 0 Å². The first-order valence-electron chi connectivity index (χ1n) is 5.64. The first-order valence-corrected chi connectivity index (χ1v) is 6.02. The number of nitrogens with zero attached hydrogens (tertiary/aromatic N) is 2. The molecule has 3 nitrogen and oxygen atoms in total. The number of aromatic nitrogens is 2. The first kappa shape index (κ1) is 12.1. The van der Waals surface area contributed by atoms with Gasteiger partial charge in [-0.15, -0.1) is 0 Å². The van der Waals surface area contributed by atoms with Crippen molar-refractivity contribution in [2.24, 2.45) is 0 Å². The lowest BCUT2D eigenvalue weighted by molar-refractivity contribution is 0.140. The predicted molar refractivity (Wildman–Crippen MR) is 68.0 cm³/mol. The summed E-state index contributed by atoms with van der Waals surface area (Å²) in [6.07, 6.45) is 4.49. The van der Waals surface area contributed by atoms with E-state index in [4.69, 9.17) is 11.6 Å². The van der Waals surface area contributed by atoms with Crippen molar-refractivity contribution in [2.45, 2.75) is 25.5 Å². The van der Waals surface area contributed by atoms with Crippen molar-refractivity contribution in [3.8, 4) is 0 Å². The Labute approximate surface area is 106 Å². The Balaban J connectivity index is 1.80. The third-order valence-corrected chi connectivity index (χ3v) is 2.80. The second-order valence-corrected chi connectivity index (χ2v) is 4.50. The van der Waals surface area contributed by atoms with Crippen LogP contribution < -0.4 is 0 Å². The maximum absolute atomic E-state index is 9.87. The SMILES string of the molecule is OC(CCc1ccccc1)Cn1cc(Cl)cn1. The summed E-state index contributed by atoms with van der Waals surface area (Å²) in [5, 5.41) is 14.5. The molecule has 0 fully saturated rings. The van der Waals surface area contributed by atoms with E-state index in [2.05, 4.69) is 17.2 Å². The number of aryl methyl sites for hydroxylation is 1. The standard InChI is InChI=1S/C13H15ClN2O/c14-12-8-15-16(9-12)10-13(17)7-6-11-4-2-1-3-5-11/h1-5,8-9,13,17H,6-7,10H2. The molecular formula is C13H15ClN2O. The van der Waals surface area contributed by atoms with E-state index in [-0.39, 0.29) is 0 Å². The normalized spacial score (nSPS) is 12.6. The number of halogens is 1. The van der Waals surface area contributed by atoms with E-state index >= 15 is 0 Å². The number of rotatable bonds is 5.